The van der Waals surface area contributed by atoms with Crippen LogP contribution in [0.3, 0.4) is 0 Å². The van der Waals surface area contributed by atoms with Gasteiger partial charge in [0.05, 0.1) is 11.2 Å². The molecule has 4 aromatic rings. The van der Waals surface area contributed by atoms with Crippen LogP contribution in [-0.2, 0) is 0 Å². The molecule has 26 heavy (non-hydrogen) atoms. The van der Waals surface area contributed by atoms with Crippen LogP contribution in [0.25, 0.3) is 33.3 Å². The van der Waals surface area contributed by atoms with Crippen LogP contribution >= 0.6 is 0 Å². The highest BCUT2D eigenvalue weighted by molar-refractivity contribution is 6.04. The van der Waals surface area contributed by atoms with Crippen molar-refractivity contribution in [3.8, 4) is 22.4 Å². The summed E-state index contributed by atoms with van der Waals surface area (Å²) >= 11 is 0. The van der Waals surface area contributed by atoms with Gasteiger partial charge in [-0.3, -0.25) is 0 Å². The predicted octanol–water partition coefficient (Wildman–Crippen LogP) is 6.20. The van der Waals surface area contributed by atoms with Crippen LogP contribution < -0.4 is 4.84 Å². The molecule has 4 rings (SSSR count). The first kappa shape index (κ1) is 16.5. The smallest absolute Gasteiger partial charge is 0.127 e. The second kappa shape index (κ2) is 6.38. The molecule has 0 aliphatic rings. The van der Waals surface area contributed by atoms with Crippen LogP contribution in [0, 0.1) is 0 Å². The largest absolute Gasteiger partial charge is 0.408 e. The van der Waals surface area contributed by atoms with E-state index in [1.54, 1.807) is 0 Å². The van der Waals surface area contributed by atoms with E-state index in [-0.39, 0.29) is 5.60 Å². The molecule has 1 heterocycles. The maximum Gasteiger partial charge on any atom is 0.127 e. The molecule has 1 aromatic heterocycles. The second-order valence-electron chi connectivity index (χ2n) is 7.47. The Morgan fingerprint density at radius 1 is 0.654 bits per heavy atom. The fraction of sp³-hybridized carbons (Fsp3) is 0.167. The van der Waals surface area contributed by atoms with Crippen molar-refractivity contribution in [1.29, 1.82) is 0 Å². The Morgan fingerprint density at radius 3 is 1.81 bits per heavy atom. The maximum atomic E-state index is 6.42. The molecule has 0 amide bonds. The number of hydrogen-bond acceptors (Lipinski definition) is 1. The summed E-state index contributed by atoms with van der Waals surface area (Å²) in [5.74, 6) is 0. The molecule has 130 valence electrons. The average molecular weight is 341 g/mol. The molecule has 0 spiro atoms. The number of nitrogens with zero attached hydrogens (tertiary/aromatic N) is 1. The molecule has 0 aliphatic carbocycles. The van der Waals surface area contributed by atoms with Gasteiger partial charge >= 0.3 is 0 Å². The van der Waals surface area contributed by atoms with E-state index in [0.717, 1.165) is 16.8 Å². The molecule has 2 nitrogen and oxygen atoms in total. The molecule has 0 fully saturated rings. The molecule has 0 atom stereocenters. The molecule has 3 aromatic carbocycles. The summed E-state index contributed by atoms with van der Waals surface area (Å²) in [6.45, 7) is 6.25. The zero-order chi connectivity index (χ0) is 18.1. The number of fused-ring (bicyclic) bond motifs is 1. The van der Waals surface area contributed by atoms with Gasteiger partial charge in [-0.25, -0.2) is 0 Å². The lowest BCUT2D eigenvalue weighted by atomic mass is 9.98. The van der Waals surface area contributed by atoms with Crippen molar-refractivity contribution in [3.63, 3.8) is 0 Å². The monoisotopic (exact) mass is 341 g/mol. The van der Waals surface area contributed by atoms with Gasteiger partial charge in [0.1, 0.15) is 5.60 Å². The summed E-state index contributed by atoms with van der Waals surface area (Å²) < 4.78 is 2.01. The van der Waals surface area contributed by atoms with Crippen LogP contribution in [-0.4, -0.2) is 10.3 Å². The number of rotatable bonds is 3. The van der Waals surface area contributed by atoms with Gasteiger partial charge in [-0.15, -0.1) is 0 Å². The SMILES string of the molecule is CC(C)(C)On1c(-c2ccccc2)c(-c2ccccc2)c2ccccc21. The zero-order valence-electron chi connectivity index (χ0n) is 15.4. The van der Waals surface area contributed by atoms with Gasteiger partial charge in [0.2, 0.25) is 0 Å². The molecular weight excluding hydrogens is 318 g/mol. The first-order chi connectivity index (χ1) is 12.5. The van der Waals surface area contributed by atoms with E-state index in [9.17, 15) is 0 Å². The summed E-state index contributed by atoms with van der Waals surface area (Å²) in [4.78, 5) is 6.42. The average Bonchev–Trinajstić information content (AvgIpc) is 2.96. The lowest BCUT2D eigenvalue weighted by Gasteiger charge is -2.24. The molecule has 0 radical (unpaired) electrons. The molecule has 0 saturated heterocycles. The Morgan fingerprint density at radius 2 is 1.19 bits per heavy atom. The highest BCUT2D eigenvalue weighted by Gasteiger charge is 2.23. The van der Waals surface area contributed by atoms with Crippen molar-refractivity contribution in [2.75, 3.05) is 0 Å². The highest BCUT2D eigenvalue weighted by Crippen LogP contribution is 2.40. The minimum Gasteiger partial charge on any atom is -0.408 e. The predicted molar refractivity (Wildman–Crippen MR) is 109 cm³/mol. The van der Waals surface area contributed by atoms with Gasteiger partial charge in [-0.2, -0.15) is 4.73 Å². The van der Waals surface area contributed by atoms with Crippen molar-refractivity contribution in [2.24, 2.45) is 0 Å². The quantitative estimate of drug-likeness (QED) is 0.432. The van der Waals surface area contributed by atoms with Crippen LogP contribution in [0.15, 0.2) is 84.9 Å². The van der Waals surface area contributed by atoms with E-state index in [4.69, 9.17) is 4.84 Å². The Balaban J connectivity index is 2.12. The van der Waals surface area contributed by atoms with Gasteiger partial charge in [0.15, 0.2) is 0 Å². The third kappa shape index (κ3) is 2.99. The van der Waals surface area contributed by atoms with Crippen molar-refractivity contribution in [2.45, 2.75) is 26.4 Å². The summed E-state index contributed by atoms with van der Waals surface area (Å²) in [5, 5.41) is 1.20. The van der Waals surface area contributed by atoms with Crippen molar-refractivity contribution in [1.82, 2.24) is 4.73 Å². The molecule has 0 bridgehead atoms. The first-order valence-corrected chi connectivity index (χ1v) is 8.98. The number of aromatic nitrogens is 1. The molecule has 0 N–H and O–H groups in total. The van der Waals surface area contributed by atoms with Crippen molar-refractivity contribution < 1.29 is 4.84 Å². The van der Waals surface area contributed by atoms with Crippen LogP contribution in [0.4, 0.5) is 0 Å². The second-order valence-corrected chi connectivity index (χ2v) is 7.47. The molecule has 0 saturated carbocycles. The Kier molecular flexibility index (Phi) is 4.04. The van der Waals surface area contributed by atoms with E-state index in [1.807, 2.05) is 10.8 Å². The van der Waals surface area contributed by atoms with Crippen LogP contribution in [0.2, 0.25) is 0 Å². The van der Waals surface area contributed by atoms with E-state index in [0.29, 0.717) is 0 Å². The van der Waals surface area contributed by atoms with E-state index < -0.39 is 0 Å². The summed E-state index contributed by atoms with van der Waals surface area (Å²) in [6, 6.07) is 29.5. The molecular formula is C24H23NO. The lowest BCUT2D eigenvalue weighted by Crippen LogP contribution is -2.31. The van der Waals surface area contributed by atoms with Gasteiger partial charge in [0.25, 0.3) is 0 Å². The van der Waals surface area contributed by atoms with E-state index in [1.165, 1.54) is 16.5 Å². The summed E-state index contributed by atoms with van der Waals surface area (Å²) in [5.41, 5.74) is 5.41. The molecule has 0 unspecified atom stereocenters. The first-order valence-electron chi connectivity index (χ1n) is 8.98. The topological polar surface area (TPSA) is 14.2 Å². The maximum absolute atomic E-state index is 6.42. The van der Waals surface area contributed by atoms with Gasteiger partial charge in [0, 0.05) is 16.5 Å². The number of para-hydroxylation sites is 1. The standard InChI is InChI=1S/C24H23NO/c1-24(2,3)26-25-21-17-11-10-16-20(21)22(18-12-6-4-7-13-18)23(25)19-14-8-5-9-15-19/h4-17H,1-3H3. The number of hydrogen-bond donors (Lipinski definition) is 0. The third-order valence-corrected chi connectivity index (χ3v) is 4.31. The minimum absolute atomic E-state index is 0.306. The van der Waals surface area contributed by atoms with E-state index in [2.05, 4.69) is 99.6 Å². The normalized spacial score (nSPS) is 11.7. The Labute approximate surface area is 154 Å². The van der Waals surface area contributed by atoms with Gasteiger partial charge in [-0.1, -0.05) is 78.9 Å². The summed E-state index contributed by atoms with van der Waals surface area (Å²) in [7, 11) is 0. The fourth-order valence-electron chi connectivity index (χ4n) is 3.34. The minimum atomic E-state index is -0.306. The third-order valence-electron chi connectivity index (χ3n) is 4.31. The zero-order valence-corrected chi connectivity index (χ0v) is 15.4. The summed E-state index contributed by atoms with van der Waals surface area (Å²) in [6.07, 6.45) is 0. The van der Waals surface area contributed by atoms with Crippen LogP contribution in [0.5, 0.6) is 0 Å². The Hall–Kier alpha value is -3.00. The van der Waals surface area contributed by atoms with E-state index >= 15 is 0 Å². The van der Waals surface area contributed by atoms with Gasteiger partial charge in [-0.05, 0) is 32.4 Å². The fourth-order valence-corrected chi connectivity index (χ4v) is 3.34. The molecule has 0 aliphatic heterocycles. The highest BCUT2D eigenvalue weighted by atomic mass is 16.7. The van der Waals surface area contributed by atoms with Crippen molar-refractivity contribution in [3.05, 3.63) is 84.9 Å². The molecule has 2 heteroatoms. The van der Waals surface area contributed by atoms with Gasteiger partial charge < -0.3 is 4.84 Å². The Bertz CT molecular complexity index is 1020. The lowest BCUT2D eigenvalue weighted by molar-refractivity contribution is -0.00561. The van der Waals surface area contributed by atoms with Crippen LogP contribution in [0.1, 0.15) is 20.8 Å². The van der Waals surface area contributed by atoms with Crippen molar-refractivity contribution >= 4 is 10.9 Å². The number of benzene rings is 3.